The van der Waals surface area contributed by atoms with Crippen molar-refractivity contribution in [3.05, 3.63) is 59.9 Å². The molecule has 0 radical (unpaired) electrons. The van der Waals surface area contributed by atoms with Crippen molar-refractivity contribution in [2.24, 2.45) is 0 Å². The van der Waals surface area contributed by atoms with Crippen LogP contribution in [0.25, 0.3) is 11.0 Å². The molecular formula is C21H25N5O. The molecule has 27 heavy (non-hydrogen) atoms. The number of rotatable bonds is 7. The number of pyridine rings is 1. The van der Waals surface area contributed by atoms with Gasteiger partial charge in [0.2, 0.25) is 5.91 Å². The summed E-state index contributed by atoms with van der Waals surface area (Å²) in [6.07, 6.45) is 4.17. The van der Waals surface area contributed by atoms with E-state index in [1.54, 1.807) is 6.20 Å². The van der Waals surface area contributed by atoms with Crippen molar-refractivity contribution in [3.63, 3.8) is 0 Å². The predicted octanol–water partition coefficient (Wildman–Crippen LogP) is 2.26. The lowest BCUT2D eigenvalue weighted by Crippen LogP contribution is -2.27. The number of fused-ring (bicyclic) bond motifs is 1. The standard InChI is InChI=1S/C21H25N5O/c27-19(9-8-16-5-2-1-3-6-16)23-13-14-26-21-18(7-4-11-24-21)20(25-26)17-10-12-22-15-17/h1-7,11,17,22H,8-10,12-15H2,(H,23,27)/t17-/m1/s1. The minimum absolute atomic E-state index is 0.0727. The molecule has 1 aliphatic rings. The Kier molecular flexibility index (Phi) is 5.44. The molecule has 6 heteroatoms. The number of aromatic nitrogens is 3. The van der Waals surface area contributed by atoms with Gasteiger partial charge in [-0.05, 0) is 37.1 Å². The zero-order valence-electron chi connectivity index (χ0n) is 15.4. The molecule has 3 heterocycles. The highest BCUT2D eigenvalue weighted by molar-refractivity contribution is 5.79. The topological polar surface area (TPSA) is 71.8 Å². The molecule has 2 aromatic heterocycles. The first-order valence-corrected chi connectivity index (χ1v) is 9.64. The summed E-state index contributed by atoms with van der Waals surface area (Å²) in [6.45, 7) is 3.20. The van der Waals surface area contributed by atoms with Crippen molar-refractivity contribution in [1.82, 2.24) is 25.4 Å². The van der Waals surface area contributed by atoms with Crippen LogP contribution in [0.3, 0.4) is 0 Å². The number of nitrogens with one attached hydrogen (secondary N) is 2. The summed E-state index contributed by atoms with van der Waals surface area (Å²) in [5.74, 6) is 0.516. The summed E-state index contributed by atoms with van der Waals surface area (Å²) >= 11 is 0. The third-order valence-electron chi connectivity index (χ3n) is 5.11. The number of aryl methyl sites for hydroxylation is 1. The summed E-state index contributed by atoms with van der Waals surface area (Å²) in [5, 5.41) is 12.4. The highest BCUT2D eigenvalue weighted by atomic mass is 16.1. The van der Waals surface area contributed by atoms with E-state index in [-0.39, 0.29) is 5.91 Å². The average molecular weight is 363 g/mol. The lowest BCUT2D eigenvalue weighted by Gasteiger charge is -2.07. The van der Waals surface area contributed by atoms with Crippen molar-refractivity contribution in [2.45, 2.75) is 31.7 Å². The van der Waals surface area contributed by atoms with Crippen LogP contribution in [0.15, 0.2) is 48.7 Å². The molecule has 0 saturated carbocycles. The van der Waals surface area contributed by atoms with E-state index in [0.29, 0.717) is 25.4 Å². The number of benzene rings is 1. The van der Waals surface area contributed by atoms with Crippen molar-refractivity contribution >= 4 is 16.9 Å². The molecule has 0 bridgehead atoms. The van der Waals surface area contributed by atoms with Crippen molar-refractivity contribution < 1.29 is 4.79 Å². The van der Waals surface area contributed by atoms with Gasteiger partial charge in [-0.25, -0.2) is 9.67 Å². The molecule has 1 atom stereocenters. The van der Waals surface area contributed by atoms with Gasteiger partial charge in [-0.2, -0.15) is 5.10 Å². The van der Waals surface area contributed by atoms with Crippen LogP contribution in [0.5, 0.6) is 0 Å². The Bertz CT molecular complexity index is 899. The van der Waals surface area contributed by atoms with E-state index in [4.69, 9.17) is 5.10 Å². The fourth-order valence-electron chi connectivity index (χ4n) is 3.67. The van der Waals surface area contributed by atoms with Gasteiger partial charge in [0.05, 0.1) is 12.2 Å². The Labute approximate surface area is 159 Å². The third kappa shape index (κ3) is 4.17. The number of nitrogens with zero attached hydrogens (tertiary/aromatic N) is 3. The van der Waals surface area contributed by atoms with E-state index in [9.17, 15) is 4.79 Å². The Morgan fingerprint density at radius 1 is 1.22 bits per heavy atom. The van der Waals surface area contributed by atoms with Gasteiger partial charge in [0.25, 0.3) is 0 Å². The van der Waals surface area contributed by atoms with E-state index < -0.39 is 0 Å². The summed E-state index contributed by atoms with van der Waals surface area (Å²) in [7, 11) is 0. The quantitative estimate of drug-likeness (QED) is 0.675. The third-order valence-corrected chi connectivity index (χ3v) is 5.11. The van der Waals surface area contributed by atoms with E-state index in [1.807, 2.05) is 41.1 Å². The largest absolute Gasteiger partial charge is 0.354 e. The van der Waals surface area contributed by atoms with Crippen LogP contribution >= 0.6 is 0 Å². The van der Waals surface area contributed by atoms with Gasteiger partial charge in [-0.15, -0.1) is 0 Å². The van der Waals surface area contributed by atoms with Crippen molar-refractivity contribution in [2.75, 3.05) is 19.6 Å². The minimum atomic E-state index is 0.0727. The van der Waals surface area contributed by atoms with Gasteiger partial charge in [0.15, 0.2) is 5.65 Å². The van der Waals surface area contributed by atoms with Crippen LogP contribution in [0.2, 0.25) is 0 Å². The molecule has 1 fully saturated rings. The number of carbonyl (C=O) groups is 1. The molecule has 0 spiro atoms. The summed E-state index contributed by atoms with van der Waals surface area (Å²) in [5.41, 5.74) is 3.21. The lowest BCUT2D eigenvalue weighted by molar-refractivity contribution is -0.121. The summed E-state index contributed by atoms with van der Waals surface area (Å²) in [6, 6.07) is 14.1. The van der Waals surface area contributed by atoms with Crippen LogP contribution in [0, 0.1) is 0 Å². The fourth-order valence-corrected chi connectivity index (χ4v) is 3.67. The first kappa shape index (κ1) is 17.7. The van der Waals surface area contributed by atoms with Crippen LogP contribution in [0.4, 0.5) is 0 Å². The molecule has 1 aromatic carbocycles. The van der Waals surface area contributed by atoms with E-state index in [0.717, 1.165) is 42.7 Å². The SMILES string of the molecule is O=C(CCc1ccccc1)NCCn1nc([C@@H]2CCNC2)c2cccnc21. The highest BCUT2D eigenvalue weighted by Gasteiger charge is 2.23. The molecule has 1 amide bonds. The smallest absolute Gasteiger partial charge is 0.220 e. The minimum Gasteiger partial charge on any atom is -0.354 e. The normalized spacial score (nSPS) is 16.7. The van der Waals surface area contributed by atoms with Crippen LogP contribution in [0.1, 0.15) is 30.0 Å². The van der Waals surface area contributed by atoms with Crippen molar-refractivity contribution in [3.8, 4) is 0 Å². The molecule has 0 unspecified atom stereocenters. The van der Waals surface area contributed by atoms with Gasteiger partial charge >= 0.3 is 0 Å². The monoisotopic (exact) mass is 363 g/mol. The Balaban J connectivity index is 1.35. The van der Waals surface area contributed by atoms with Crippen LogP contribution < -0.4 is 10.6 Å². The second-order valence-corrected chi connectivity index (χ2v) is 7.01. The highest BCUT2D eigenvalue weighted by Crippen LogP contribution is 2.27. The average Bonchev–Trinajstić information content (AvgIpc) is 3.35. The Morgan fingerprint density at radius 2 is 2.11 bits per heavy atom. The molecule has 1 aliphatic heterocycles. The lowest BCUT2D eigenvalue weighted by atomic mass is 10.0. The number of carbonyl (C=O) groups excluding carboxylic acids is 1. The van der Waals surface area contributed by atoms with Crippen LogP contribution in [-0.2, 0) is 17.8 Å². The molecule has 1 saturated heterocycles. The van der Waals surface area contributed by atoms with Gasteiger partial charge in [-0.1, -0.05) is 30.3 Å². The number of hydrogen-bond acceptors (Lipinski definition) is 4. The first-order chi connectivity index (χ1) is 13.3. The maximum absolute atomic E-state index is 12.1. The maximum Gasteiger partial charge on any atom is 0.220 e. The van der Waals surface area contributed by atoms with Gasteiger partial charge in [0, 0.05) is 37.0 Å². The van der Waals surface area contributed by atoms with Crippen LogP contribution in [-0.4, -0.2) is 40.3 Å². The molecule has 2 N–H and O–H groups in total. The molecule has 140 valence electrons. The maximum atomic E-state index is 12.1. The zero-order chi connectivity index (χ0) is 18.5. The fraction of sp³-hybridized carbons (Fsp3) is 0.381. The van der Waals surface area contributed by atoms with Gasteiger partial charge < -0.3 is 10.6 Å². The number of hydrogen-bond donors (Lipinski definition) is 2. The second kappa shape index (κ2) is 8.31. The molecule has 4 rings (SSSR count). The van der Waals surface area contributed by atoms with E-state index in [2.05, 4.69) is 21.7 Å². The predicted molar refractivity (Wildman–Crippen MR) is 106 cm³/mol. The van der Waals surface area contributed by atoms with Gasteiger partial charge in [0.1, 0.15) is 0 Å². The first-order valence-electron chi connectivity index (χ1n) is 9.64. The van der Waals surface area contributed by atoms with Crippen molar-refractivity contribution in [1.29, 1.82) is 0 Å². The Hall–Kier alpha value is -2.73. The second-order valence-electron chi connectivity index (χ2n) is 7.01. The number of amides is 1. The molecule has 0 aliphatic carbocycles. The molecule has 6 nitrogen and oxygen atoms in total. The molecular weight excluding hydrogens is 338 g/mol. The summed E-state index contributed by atoms with van der Waals surface area (Å²) < 4.78 is 1.93. The van der Waals surface area contributed by atoms with Gasteiger partial charge in [-0.3, -0.25) is 4.79 Å². The molecule has 3 aromatic rings. The Morgan fingerprint density at radius 3 is 2.93 bits per heavy atom. The summed E-state index contributed by atoms with van der Waals surface area (Å²) in [4.78, 5) is 16.6. The van der Waals surface area contributed by atoms with E-state index in [1.165, 1.54) is 5.56 Å². The van der Waals surface area contributed by atoms with E-state index >= 15 is 0 Å². The zero-order valence-corrected chi connectivity index (χ0v) is 15.4.